The molecule has 0 bridgehead atoms. The first kappa shape index (κ1) is 17.2. The number of amides is 1. The van der Waals surface area contributed by atoms with Crippen LogP contribution < -0.4 is 5.32 Å². The van der Waals surface area contributed by atoms with Gasteiger partial charge in [-0.15, -0.1) is 0 Å². The van der Waals surface area contributed by atoms with Crippen molar-refractivity contribution in [3.63, 3.8) is 0 Å². The van der Waals surface area contributed by atoms with Gasteiger partial charge in [0, 0.05) is 12.5 Å². The van der Waals surface area contributed by atoms with Crippen molar-refractivity contribution in [2.75, 3.05) is 0 Å². The van der Waals surface area contributed by atoms with Gasteiger partial charge in [0.15, 0.2) is 0 Å². The molecule has 0 radical (unpaired) electrons. The molecule has 2 aromatic carbocycles. The van der Waals surface area contributed by atoms with E-state index in [1.54, 1.807) is 0 Å². The molecule has 122 valence electrons. The van der Waals surface area contributed by atoms with E-state index < -0.39 is 6.10 Å². The highest BCUT2D eigenvalue weighted by Crippen LogP contribution is 2.17. The molecule has 0 aliphatic carbocycles. The van der Waals surface area contributed by atoms with Gasteiger partial charge >= 0.3 is 0 Å². The monoisotopic (exact) mass is 311 g/mol. The van der Waals surface area contributed by atoms with Crippen molar-refractivity contribution in [2.45, 2.75) is 44.8 Å². The Labute approximate surface area is 138 Å². The summed E-state index contributed by atoms with van der Waals surface area (Å²) in [4.78, 5) is 12.0. The highest BCUT2D eigenvalue weighted by Gasteiger charge is 2.14. The Kier molecular flexibility index (Phi) is 6.82. The summed E-state index contributed by atoms with van der Waals surface area (Å²) in [5.74, 6) is 0.0497. The Hall–Kier alpha value is -2.13. The lowest BCUT2D eigenvalue weighted by Gasteiger charge is -2.18. The van der Waals surface area contributed by atoms with Crippen LogP contribution in [-0.2, 0) is 11.2 Å². The molecule has 23 heavy (non-hydrogen) atoms. The van der Waals surface area contributed by atoms with Crippen molar-refractivity contribution in [3.8, 4) is 0 Å². The molecule has 0 aliphatic rings. The van der Waals surface area contributed by atoms with Crippen LogP contribution in [0.4, 0.5) is 0 Å². The smallest absolute Gasteiger partial charge is 0.220 e. The van der Waals surface area contributed by atoms with Gasteiger partial charge in [-0.25, -0.2) is 0 Å². The third kappa shape index (κ3) is 6.25. The van der Waals surface area contributed by atoms with Crippen LogP contribution in [0.2, 0.25) is 0 Å². The molecule has 0 saturated heterocycles. The maximum absolute atomic E-state index is 12.0. The van der Waals surface area contributed by atoms with E-state index in [2.05, 4.69) is 17.4 Å². The van der Waals surface area contributed by atoms with Gasteiger partial charge in [0.1, 0.15) is 0 Å². The van der Waals surface area contributed by atoms with Crippen LogP contribution in [0.15, 0.2) is 60.7 Å². The number of aryl methyl sites for hydroxylation is 1. The van der Waals surface area contributed by atoms with Crippen LogP contribution >= 0.6 is 0 Å². The molecule has 2 atom stereocenters. The summed E-state index contributed by atoms with van der Waals surface area (Å²) in [7, 11) is 0. The van der Waals surface area contributed by atoms with Gasteiger partial charge < -0.3 is 10.4 Å². The molecule has 2 rings (SSSR count). The minimum Gasteiger partial charge on any atom is -0.388 e. The Morgan fingerprint density at radius 2 is 1.65 bits per heavy atom. The second-order valence-electron chi connectivity index (χ2n) is 5.97. The van der Waals surface area contributed by atoms with Gasteiger partial charge in [-0.05, 0) is 37.3 Å². The molecule has 2 aromatic rings. The second-order valence-corrected chi connectivity index (χ2v) is 5.97. The van der Waals surface area contributed by atoms with Crippen LogP contribution in [0.5, 0.6) is 0 Å². The average molecular weight is 311 g/mol. The number of carbonyl (C=O) groups is 1. The zero-order chi connectivity index (χ0) is 16.5. The van der Waals surface area contributed by atoms with Crippen LogP contribution in [-0.4, -0.2) is 17.1 Å². The first-order chi connectivity index (χ1) is 11.1. The van der Waals surface area contributed by atoms with E-state index in [9.17, 15) is 9.90 Å². The van der Waals surface area contributed by atoms with Gasteiger partial charge in [-0.1, -0.05) is 60.7 Å². The first-order valence-corrected chi connectivity index (χ1v) is 8.21. The quantitative estimate of drug-likeness (QED) is 0.782. The number of nitrogens with one attached hydrogen (secondary N) is 1. The standard InChI is InChI=1S/C20H25NO2/c1-16(15-19(22)18-12-6-3-7-13-18)21-20(23)14-8-11-17-9-4-2-5-10-17/h2-7,9-10,12-13,16,19,22H,8,11,14-15H2,1H3,(H,21,23). The van der Waals surface area contributed by atoms with Crippen LogP contribution in [0.3, 0.4) is 0 Å². The summed E-state index contributed by atoms with van der Waals surface area (Å²) in [6.45, 7) is 1.93. The number of benzene rings is 2. The highest BCUT2D eigenvalue weighted by atomic mass is 16.3. The van der Waals surface area contributed by atoms with E-state index >= 15 is 0 Å². The Morgan fingerprint density at radius 1 is 1.04 bits per heavy atom. The van der Waals surface area contributed by atoms with Crippen molar-refractivity contribution in [1.82, 2.24) is 5.32 Å². The lowest BCUT2D eigenvalue weighted by atomic mass is 10.0. The lowest BCUT2D eigenvalue weighted by molar-refractivity contribution is -0.121. The maximum atomic E-state index is 12.0. The van der Waals surface area contributed by atoms with Crippen molar-refractivity contribution in [3.05, 3.63) is 71.8 Å². The molecule has 2 N–H and O–H groups in total. The van der Waals surface area contributed by atoms with Crippen molar-refractivity contribution < 1.29 is 9.90 Å². The summed E-state index contributed by atoms with van der Waals surface area (Å²) in [6, 6.07) is 19.7. The number of hydrogen-bond donors (Lipinski definition) is 2. The van der Waals surface area contributed by atoms with Gasteiger partial charge in [0.05, 0.1) is 6.10 Å². The zero-order valence-corrected chi connectivity index (χ0v) is 13.6. The molecule has 2 unspecified atom stereocenters. The third-order valence-corrected chi connectivity index (χ3v) is 3.88. The molecule has 0 aliphatic heterocycles. The van der Waals surface area contributed by atoms with Crippen molar-refractivity contribution >= 4 is 5.91 Å². The molecule has 0 aromatic heterocycles. The van der Waals surface area contributed by atoms with E-state index in [0.717, 1.165) is 18.4 Å². The predicted octanol–water partition coefficient (Wildman–Crippen LogP) is 3.64. The number of hydrogen-bond acceptors (Lipinski definition) is 2. The first-order valence-electron chi connectivity index (χ1n) is 8.21. The Bertz CT molecular complexity index is 583. The molecule has 0 fully saturated rings. The Balaban J connectivity index is 1.68. The SMILES string of the molecule is CC(CC(O)c1ccccc1)NC(=O)CCCc1ccccc1. The normalized spacial score (nSPS) is 13.3. The van der Waals surface area contributed by atoms with Crippen molar-refractivity contribution in [2.24, 2.45) is 0 Å². The maximum Gasteiger partial charge on any atom is 0.220 e. The predicted molar refractivity (Wildman–Crippen MR) is 93.0 cm³/mol. The Morgan fingerprint density at radius 3 is 2.30 bits per heavy atom. The van der Waals surface area contributed by atoms with Crippen LogP contribution in [0, 0.1) is 0 Å². The number of aliphatic hydroxyl groups is 1. The summed E-state index contributed by atoms with van der Waals surface area (Å²) in [5, 5.41) is 13.1. The molecule has 1 amide bonds. The average Bonchev–Trinajstić information content (AvgIpc) is 2.56. The van der Waals surface area contributed by atoms with E-state index in [-0.39, 0.29) is 11.9 Å². The number of rotatable bonds is 8. The fourth-order valence-electron chi connectivity index (χ4n) is 2.65. The summed E-state index contributed by atoms with van der Waals surface area (Å²) in [5.41, 5.74) is 2.14. The molecule has 0 spiro atoms. The van der Waals surface area contributed by atoms with Gasteiger partial charge in [0.25, 0.3) is 0 Å². The topological polar surface area (TPSA) is 49.3 Å². The second kappa shape index (κ2) is 9.11. The van der Waals surface area contributed by atoms with Gasteiger partial charge in [-0.2, -0.15) is 0 Å². The van der Waals surface area contributed by atoms with Crippen LogP contribution in [0.25, 0.3) is 0 Å². The van der Waals surface area contributed by atoms with E-state index in [0.29, 0.717) is 12.8 Å². The fourth-order valence-corrected chi connectivity index (χ4v) is 2.65. The molecule has 3 heteroatoms. The minimum absolute atomic E-state index is 0.0468. The molecule has 3 nitrogen and oxygen atoms in total. The minimum atomic E-state index is -0.546. The lowest BCUT2D eigenvalue weighted by Crippen LogP contribution is -2.33. The summed E-state index contributed by atoms with van der Waals surface area (Å²) >= 11 is 0. The zero-order valence-electron chi connectivity index (χ0n) is 13.6. The van der Waals surface area contributed by atoms with Crippen molar-refractivity contribution in [1.29, 1.82) is 0 Å². The van der Waals surface area contributed by atoms with Crippen LogP contribution in [0.1, 0.15) is 43.4 Å². The molecule has 0 heterocycles. The highest BCUT2D eigenvalue weighted by molar-refractivity contribution is 5.76. The third-order valence-electron chi connectivity index (χ3n) is 3.88. The molecule has 0 saturated carbocycles. The summed E-state index contributed by atoms with van der Waals surface area (Å²) < 4.78 is 0. The summed E-state index contributed by atoms with van der Waals surface area (Å²) in [6.07, 6.45) is 2.24. The fraction of sp³-hybridized carbons (Fsp3) is 0.350. The number of carbonyl (C=O) groups excluding carboxylic acids is 1. The van der Waals surface area contributed by atoms with Gasteiger partial charge in [-0.3, -0.25) is 4.79 Å². The molecular weight excluding hydrogens is 286 g/mol. The largest absolute Gasteiger partial charge is 0.388 e. The van der Waals surface area contributed by atoms with E-state index in [4.69, 9.17) is 0 Å². The number of aliphatic hydroxyl groups excluding tert-OH is 1. The van der Waals surface area contributed by atoms with E-state index in [1.165, 1.54) is 5.56 Å². The van der Waals surface area contributed by atoms with E-state index in [1.807, 2.05) is 55.5 Å². The molecular formula is C20H25NO2. The van der Waals surface area contributed by atoms with Gasteiger partial charge in [0.2, 0.25) is 5.91 Å².